The van der Waals surface area contributed by atoms with Gasteiger partial charge in [-0.2, -0.15) is 0 Å². The molecule has 2 heterocycles. The zero-order valence-corrected chi connectivity index (χ0v) is 16.9. The molecule has 158 valence electrons. The van der Waals surface area contributed by atoms with Crippen molar-refractivity contribution in [3.63, 3.8) is 0 Å². The number of anilines is 1. The van der Waals surface area contributed by atoms with E-state index in [9.17, 15) is 18.0 Å². The Kier molecular flexibility index (Phi) is 5.10. The van der Waals surface area contributed by atoms with Crippen LogP contribution in [0.1, 0.15) is 30.0 Å². The number of hydrogen-bond donors (Lipinski definition) is 2. The van der Waals surface area contributed by atoms with Gasteiger partial charge in [0, 0.05) is 42.7 Å². The minimum absolute atomic E-state index is 0.103. The van der Waals surface area contributed by atoms with Crippen LogP contribution in [0.5, 0.6) is 0 Å². The van der Waals surface area contributed by atoms with Crippen molar-refractivity contribution in [3.05, 3.63) is 70.5 Å². The SMILES string of the molecule is CC(=O)N1CC(c2cc(F)ccc2F)=CC12c1cc(F)cc(C)c1NCC2CCN. The van der Waals surface area contributed by atoms with Crippen LogP contribution in [0, 0.1) is 30.3 Å². The van der Waals surface area contributed by atoms with E-state index in [-0.39, 0.29) is 23.9 Å². The van der Waals surface area contributed by atoms with E-state index in [0.717, 1.165) is 29.4 Å². The Morgan fingerprint density at radius 1 is 1.23 bits per heavy atom. The summed E-state index contributed by atoms with van der Waals surface area (Å²) in [6.07, 6.45) is 2.38. The number of amides is 1. The predicted octanol–water partition coefficient (Wildman–Crippen LogP) is 3.94. The molecule has 0 saturated carbocycles. The number of nitrogens with zero attached hydrogens (tertiary/aromatic N) is 1. The Bertz CT molecular complexity index is 1050. The third-order valence-corrected chi connectivity index (χ3v) is 6.22. The molecule has 2 aromatic carbocycles. The molecule has 0 radical (unpaired) electrons. The number of nitrogens with two attached hydrogens (primary N) is 1. The number of benzene rings is 2. The summed E-state index contributed by atoms with van der Waals surface area (Å²) in [5.41, 5.74) is 7.58. The molecule has 1 amide bonds. The van der Waals surface area contributed by atoms with Gasteiger partial charge in [0.25, 0.3) is 0 Å². The molecule has 0 bridgehead atoms. The first-order valence-electron chi connectivity index (χ1n) is 9.98. The van der Waals surface area contributed by atoms with Crippen molar-refractivity contribution in [2.75, 3.05) is 25.0 Å². The van der Waals surface area contributed by atoms with Gasteiger partial charge in [0.2, 0.25) is 5.91 Å². The second kappa shape index (κ2) is 7.47. The van der Waals surface area contributed by atoms with E-state index in [1.807, 2.05) is 6.08 Å². The first-order valence-corrected chi connectivity index (χ1v) is 9.98. The lowest BCUT2D eigenvalue weighted by molar-refractivity contribution is -0.134. The third-order valence-electron chi connectivity index (χ3n) is 6.22. The molecule has 1 spiro atoms. The lowest BCUT2D eigenvalue weighted by Gasteiger charge is -2.48. The summed E-state index contributed by atoms with van der Waals surface area (Å²) >= 11 is 0. The normalized spacial score (nSPS) is 22.7. The van der Waals surface area contributed by atoms with Gasteiger partial charge in [-0.05, 0) is 67.4 Å². The lowest BCUT2D eigenvalue weighted by Crippen LogP contribution is -2.54. The van der Waals surface area contributed by atoms with Crippen LogP contribution in [0.2, 0.25) is 0 Å². The van der Waals surface area contributed by atoms with Crippen molar-refractivity contribution in [2.24, 2.45) is 11.7 Å². The number of rotatable bonds is 3. The highest BCUT2D eigenvalue weighted by Crippen LogP contribution is 2.52. The van der Waals surface area contributed by atoms with Gasteiger partial charge in [0.05, 0.1) is 5.54 Å². The molecule has 0 aliphatic carbocycles. The number of fused-ring (bicyclic) bond motifs is 2. The van der Waals surface area contributed by atoms with Crippen LogP contribution in [-0.2, 0) is 10.3 Å². The van der Waals surface area contributed by atoms with Gasteiger partial charge < -0.3 is 16.0 Å². The maximum Gasteiger partial charge on any atom is 0.220 e. The van der Waals surface area contributed by atoms with Gasteiger partial charge in [0.15, 0.2) is 0 Å². The van der Waals surface area contributed by atoms with Crippen LogP contribution >= 0.6 is 0 Å². The van der Waals surface area contributed by atoms with E-state index < -0.39 is 23.0 Å². The molecule has 4 rings (SSSR count). The topological polar surface area (TPSA) is 58.4 Å². The highest BCUT2D eigenvalue weighted by molar-refractivity contribution is 5.84. The van der Waals surface area contributed by atoms with E-state index in [1.165, 1.54) is 19.1 Å². The second-order valence-corrected chi connectivity index (χ2v) is 8.02. The van der Waals surface area contributed by atoms with Gasteiger partial charge in [0.1, 0.15) is 17.5 Å². The fourth-order valence-corrected chi connectivity index (χ4v) is 4.95. The lowest BCUT2D eigenvalue weighted by atomic mass is 9.71. The molecular formula is C23H24F3N3O. The summed E-state index contributed by atoms with van der Waals surface area (Å²) < 4.78 is 42.9. The van der Waals surface area contributed by atoms with Crippen LogP contribution in [0.4, 0.5) is 18.9 Å². The first kappa shape index (κ1) is 20.5. The molecule has 0 aromatic heterocycles. The maximum atomic E-state index is 14.6. The molecule has 2 aliphatic rings. The van der Waals surface area contributed by atoms with Crippen LogP contribution < -0.4 is 11.1 Å². The van der Waals surface area contributed by atoms with Crippen molar-refractivity contribution >= 4 is 17.2 Å². The van der Waals surface area contributed by atoms with Gasteiger partial charge in [-0.1, -0.05) is 0 Å². The molecule has 30 heavy (non-hydrogen) atoms. The van der Waals surface area contributed by atoms with E-state index >= 15 is 0 Å². The maximum absolute atomic E-state index is 14.6. The van der Waals surface area contributed by atoms with Crippen LogP contribution in [0.15, 0.2) is 36.4 Å². The molecule has 0 fully saturated rings. The Morgan fingerprint density at radius 3 is 2.70 bits per heavy atom. The number of nitrogens with one attached hydrogen (secondary N) is 1. The van der Waals surface area contributed by atoms with Crippen molar-refractivity contribution < 1.29 is 18.0 Å². The summed E-state index contributed by atoms with van der Waals surface area (Å²) in [7, 11) is 0. The van der Waals surface area contributed by atoms with E-state index in [0.29, 0.717) is 30.6 Å². The van der Waals surface area contributed by atoms with Gasteiger partial charge in [-0.3, -0.25) is 4.79 Å². The summed E-state index contributed by atoms with van der Waals surface area (Å²) in [4.78, 5) is 14.4. The Balaban J connectivity index is 2.00. The largest absolute Gasteiger partial charge is 0.384 e. The smallest absolute Gasteiger partial charge is 0.220 e. The Morgan fingerprint density at radius 2 is 2.00 bits per heavy atom. The molecule has 4 nitrogen and oxygen atoms in total. The van der Waals surface area contributed by atoms with Gasteiger partial charge in [-0.25, -0.2) is 13.2 Å². The number of aryl methyl sites for hydroxylation is 1. The number of hydrogen-bond acceptors (Lipinski definition) is 3. The molecule has 3 N–H and O–H groups in total. The zero-order chi connectivity index (χ0) is 21.6. The van der Waals surface area contributed by atoms with Crippen LogP contribution in [0.3, 0.4) is 0 Å². The van der Waals surface area contributed by atoms with E-state index in [2.05, 4.69) is 5.32 Å². The van der Waals surface area contributed by atoms with Crippen molar-refractivity contribution in [1.29, 1.82) is 0 Å². The molecule has 7 heteroatoms. The fourth-order valence-electron chi connectivity index (χ4n) is 4.95. The summed E-state index contributed by atoms with van der Waals surface area (Å²) in [5, 5.41) is 3.36. The van der Waals surface area contributed by atoms with Crippen LogP contribution in [0.25, 0.3) is 5.57 Å². The highest BCUT2D eigenvalue weighted by atomic mass is 19.1. The first-order chi connectivity index (χ1) is 14.3. The van der Waals surface area contributed by atoms with E-state index in [4.69, 9.17) is 5.73 Å². The van der Waals surface area contributed by atoms with Gasteiger partial charge in [-0.15, -0.1) is 0 Å². The number of carbonyl (C=O) groups excluding carboxylic acids is 1. The minimum Gasteiger partial charge on any atom is -0.384 e. The summed E-state index contributed by atoms with van der Waals surface area (Å²) in [6, 6.07) is 6.13. The molecule has 2 unspecified atom stereocenters. The minimum atomic E-state index is -0.993. The quantitative estimate of drug-likeness (QED) is 0.798. The summed E-state index contributed by atoms with van der Waals surface area (Å²) in [5.74, 6) is -1.93. The summed E-state index contributed by atoms with van der Waals surface area (Å²) in [6.45, 7) is 4.24. The number of carbonyl (C=O) groups is 1. The highest BCUT2D eigenvalue weighted by Gasteiger charge is 2.52. The van der Waals surface area contributed by atoms with Crippen molar-refractivity contribution in [1.82, 2.24) is 4.90 Å². The molecule has 2 atom stereocenters. The monoisotopic (exact) mass is 415 g/mol. The molecule has 2 aliphatic heterocycles. The van der Waals surface area contributed by atoms with Crippen molar-refractivity contribution in [2.45, 2.75) is 25.8 Å². The molecule has 0 saturated heterocycles. The third kappa shape index (κ3) is 3.08. The van der Waals surface area contributed by atoms with Crippen LogP contribution in [-0.4, -0.2) is 30.4 Å². The Hall–Kier alpha value is -2.80. The van der Waals surface area contributed by atoms with Crippen molar-refractivity contribution in [3.8, 4) is 0 Å². The van der Waals surface area contributed by atoms with Gasteiger partial charge >= 0.3 is 0 Å². The standard InChI is InChI=1S/C23H24F3N3O/c1-13-7-18(25)9-20-22(13)28-11-16(5-6-27)23(20)10-15(12-29(23)14(2)30)19-8-17(24)3-4-21(19)26/h3-4,7-10,16,28H,5-6,11-12,27H2,1-2H3. The second-order valence-electron chi connectivity index (χ2n) is 8.02. The number of halogens is 3. The fraction of sp³-hybridized carbons (Fsp3) is 0.348. The molecule has 2 aromatic rings. The average molecular weight is 415 g/mol. The van der Waals surface area contributed by atoms with E-state index in [1.54, 1.807) is 11.8 Å². The zero-order valence-electron chi connectivity index (χ0n) is 16.9. The predicted molar refractivity (Wildman–Crippen MR) is 110 cm³/mol. The average Bonchev–Trinajstić information content (AvgIpc) is 3.08. The molecular weight excluding hydrogens is 391 g/mol. The Labute approximate surface area is 173 Å².